The molecule has 2 fully saturated rings. The zero-order valence-corrected chi connectivity index (χ0v) is 13.9. The summed E-state index contributed by atoms with van der Waals surface area (Å²) in [6, 6.07) is 8.96. The molecule has 23 heavy (non-hydrogen) atoms. The summed E-state index contributed by atoms with van der Waals surface area (Å²) in [4.78, 5) is 14.2. The van der Waals surface area contributed by atoms with Crippen molar-refractivity contribution in [2.24, 2.45) is 0 Å². The number of rotatable bonds is 3. The molecule has 6 heteroatoms. The summed E-state index contributed by atoms with van der Waals surface area (Å²) < 4.78 is 1.88. The number of nitrogens with one attached hydrogen (secondary N) is 1. The van der Waals surface area contributed by atoms with E-state index < -0.39 is 0 Å². The lowest BCUT2D eigenvalue weighted by molar-refractivity contribution is -0.129. The van der Waals surface area contributed by atoms with Crippen LogP contribution in [0.3, 0.4) is 0 Å². The summed E-state index contributed by atoms with van der Waals surface area (Å²) in [5.74, 6) is 0.255. The monoisotopic (exact) mass is 332 g/mol. The van der Waals surface area contributed by atoms with E-state index in [0.29, 0.717) is 25.0 Å². The molecular weight excluding hydrogens is 312 g/mol. The number of likely N-dealkylation sites (tertiary alicyclic amines) is 1. The highest BCUT2D eigenvalue weighted by Crippen LogP contribution is 2.27. The van der Waals surface area contributed by atoms with Gasteiger partial charge in [0.1, 0.15) is 0 Å². The van der Waals surface area contributed by atoms with E-state index in [0.717, 1.165) is 24.2 Å². The van der Waals surface area contributed by atoms with Gasteiger partial charge in [0.2, 0.25) is 5.91 Å². The number of benzene rings is 1. The molecule has 5 nitrogen and oxygen atoms in total. The Bertz CT molecular complexity index is 714. The number of hydrogen-bond donors (Lipinski definition) is 1. The Kier molecular flexibility index (Phi) is 4.41. The van der Waals surface area contributed by atoms with Gasteiger partial charge in [0.15, 0.2) is 0 Å². The molecule has 3 heterocycles. The second-order valence-corrected chi connectivity index (χ2v) is 6.27. The molecule has 122 valence electrons. The van der Waals surface area contributed by atoms with Crippen molar-refractivity contribution in [1.29, 1.82) is 0 Å². The number of fused-ring (bicyclic) bond motifs is 1. The lowest BCUT2D eigenvalue weighted by Gasteiger charge is -2.22. The van der Waals surface area contributed by atoms with Gasteiger partial charge in [0, 0.05) is 36.8 Å². The Hall–Kier alpha value is -1.85. The van der Waals surface area contributed by atoms with Gasteiger partial charge in [-0.2, -0.15) is 5.10 Å². The maximum absolute atomic E-state index is 12.2. The highest BCUT2D eigenvalue weighted by atomic mass is 35.5. The van der Waals surface area contributed by atoms with E-state index in [4.69, 9.17) is 0 Å². The van der Waals surface area contributed by atoms with Crippen molar-refractivity contribution in [3.8, 4) is 5.69 Å². The first kappa shape index (κ1) is 16.0. The van der Waals surface area contributed by atoms with E-state index >= 15 is 0 Å². The molecule has 0 radical (unpaired) electrons. The summed E-state index contributed by atoms with van der Waals surface area (Å²) >= 11 is 0. The van der Waals surface area contributed by atoms with Crippen LogP contribution in [0.4, 0.5) is 0 Å². The van der Waals surface area contributed by atoms with Crippen LogP contribution in [0.5, 0.6) is 0 Å². The van der Waals surface area contributed by atoms with E-state index in [1.807, 2.05) is 34.1 Å². The minimum atomic E-state index is 0. The van der Waals surface area contributed by atoms with Crippen LogP contribution in [0.25, 0.3) is 5.69 Å². The largest absolute Gasteiger partial charge is 0.334 e. The minimum absolute atomic E-state index is 0. The van der Waals surface area contributed by atoms with Crippen molar-refractivity contribution in [3.05, 3.63) is 47.8 Å². The lowest BCUT2D eigenvalue weighted by Crippen LogP contribution is -2.35. The van der Waals surface area contributed by atoms with Gasteiger partial charge in [-0.25, -0.2) is 4.68 Å². The Balaban J connectivity index is 0.00000156. The van der Waals surface area contributed by atoms with Crippen molar-refractivity contribution < 1.29 is 4.79 Å². The van der Waals surface area contributed by atoms with Gasteiger partial charge in [-0.1, -0.05) is 12.1 Å². The molecule has 2 aliphatic rings. The molecule has 1 amide bonds. The molecule has 4 rings (SSSR count). The van der Waals surface area contributed by atoms with Crippen LogP contribution < -0.4 is 5.32 Å². The Morgan fingerprint density at radius 2 is 2.26 bits per heavy atom. The third-order valence-electron chi connectivity index (χ3n) is 4.68. The molecule has 1 aromatic carbocycles. The summed E-state index contributed by atoms with van der Waals surface area (Å²) in [5, 5.41) is 7.86. The highest BCUT2D eigenvalue weighted by Gasteiger charge is 2.42. The number of halogens is 1. The fraction of sp³-hybridized carbons (Fsp3) is 0.412. The van der Waals surface area contributed by atoms with Crippen molar-refractivity contribution in [1.82, 2.24) is 20.0 Å². The van der Waals surface area contributed by atoms with E-state index in [2.05, 4.69) is 29.5 Å². The van der Waals surface area contributed by atoms with Crippen molar-refractivity contribution in [3.63, 3.8) is 0 Å². The normalized spacial score (nSPS) is 23.0. The standard InChI is InChI=1S/C17H20N4O.ClH/c1-12-3-2-4-14(7-12)21-11-13(9-19-21)10-20-16-5-6-18-15(16)8-17(20)22;/h2-4,7,9,11,15-16,18H,5-6,8,10H2,1H3;1H/t15-,16-;/m1./s1. The van der Waals surface area contributed by atoms with E-state index in [9.17, 15) is 4.79 Å². The average Bonchev–Trinajstić information content (AvgIpc) is 3.18. The van der Waals surface area contributed by atoms with E-state index in [1.54, 1.807) is 0 Å². The van der Waals surface area contributed by atoms with Gasteiger partial charge in [0.25, 0.3) is 0 Å². The Labute approximate surface area is 142 Å². The zero-order chi connectivity index (χ0) is 15.1. The molecule has 1 N–H and O–H groups in total. The number of carbonyl (C=O) groups excluding carboxylic acids is 1. The predicted molar refractivity (Wildman–Crippen MR) is 90.9 cm³/mol. The van der Waals surface area contributed by atoms with Crippen LogP contribution >= 0.6 is 12.4 Å². The number of carbonyl (C=O) groups is 1. The molecule has 0 aliphatic carbocycles. The second kappa shape index (κ2) is 6.34. The average molecular weight is 333 g/mol. The third-order valence-corrected chi connectivity index (χ3v) is 4.68. The number of aryl methyl sites for hydroxylation is 1. The topological polar surface area (TPSA) is 50.2 Å². The van der Waals surface area contributed by atoms with Gasteiger partial charge < -0.3 is 10.2 Å². The van der Waals surface area contributed by atoms with Crippen molar-refractivity contribution >= 4 is 18.3 Å². The minimum Gasteiger partial charge on any atom is -0.334 e. The SMILES string of the molecule is Cc1cccc(-n2cc(CN3C(=O)C[C@H]4NCC[C@H]43)cn2)c1.Cl. The molecule has 2 aromatic rings. The summed E-state index contributed by atoms with van der Waals surface area (Å²) in [7, 11) is 0. The molecule has 0 spiro atoms. The second-order valence-electron chi connectivity index (χ2n) is 6.27. The number of amides is 1. The van der Waals surface area contributed by atoms with Crippen LogP contribution in [0.15, 0.2) is 36.7 Å². The molecule has 0 bridgehead atoms. The van der Waals surface area contributed by atoms with Crippen molar-refractivity contribution in [2.75, 3.05) is 6.54 Å². The predicted octanol–water partition coefficient (Wildman–Crippen LogP) is 2.07. The lowest BCUT2D eigenvalue weighted by atomic mass is 10.1. The molecule has 1 aromatic heterocycles. The molecule has 0 saturated carbocycles. The van der Waals surface area contributed by atoms with Crippen molar-refractivity contribution in [2.45, 2.75) is 38.4 Å². The zero-order valence-electron chi connectivity index (χ0n) is 13.1. The van der Waals surface area contributed by atoms with Gasteiger partial charge in [-0.05, 0) is 37.6 Å². The summed E-state index contributed by atoms with van der Waals surface area (Å²) in [6.45, 7) is 3.75. The van der Waals surface area contributed by atoms with E-state index in [-0.39, 0.29) is 18.3 Å². The van der Waals surface area contributed by atoms with Gasteiger partial charge in [0.05, 0.1) is 11.9 Å². The Morgan fingerprint density at radius 1 is 1.39 bits per heavy atom. The maximum Gasteiger partial charge on any atom is 0.224 e. The smallest absolute Gasteiger partial charge is 0.224 e. The van der Waals surface area contributed by atoms with Gasteiger partial charge >= 0.3 is 0 Å². The van der Waals surface area contributed by atoms with Crippen LogP contribution in [-0.4, -0.2) is 39.2 Å². The van der Waals surface area contributed by atoms with Crippen LogP contribution in [-0.2, 0) is 11.3 Å². The fourth-order valence-electron chi connectivity index (χ4n) is 3.58. The Morgan fingerprint density at radius 3 is 3.09 bits per heavy atom. The third kappa shape index (κ3) is 2.99. The molecule has 2 aliphatic heterocycles. The first-order valence-electron chi connectivity index (χ1n) is 7.84. The highest BCUT2D eigenvalue weighted by molar-refractivity contribution is 5.85. The molecule has 2 saturated heterocycles. The van der Waals surface area contributed by atoms with E-state index in [1.165, 1.54) is 5.56 Å². The van der Waals surface area contributed by atoms with Gasteiger partial charge in [-0.3, -0.25) is 4.79 Å². The maximum atomic E-state index is 12.2. The molecule has 2 atom stereocenters. The summed E-state index contributed by atoms with van der Waals surface area (Å²) in [6.07, 6.45) is 5.59. The van der Waals surface area contributed by atoms with Crippen LogP contribution in [0, 0.1) is 6.92 Å². The van der Waals surface area contributed by atoms with Crippen LogP contribution in [0.1, 0.15) is 24.0 Å². The molecular formula is C17H21ClN4O. The van der Waals surface area contributed by atoms with Gasteiger partial charge in [-0.15, -0.1) is 12.4 Å². The first-order chi connectivity index (χ1) is 10.7. The summed E-state index contributed by atoms with van der Waals surface area (Å²) in [5.41, 5.74) is 3.35. The number of hydrogen-bond acceptors (Lipinski definition) is 3. The first-order valence-corrected chi connectivity index (χ1v) is 7.84. The number of aromatic nitrogens is 2. The quantitative estimate of drug-likeness (QED) is 0.936. The molecule has 0 unspecified atom stereocenters. The number of nitrogens with zero attached hydrogens (tertiary/aromatic N) is 3. The van der Waals surface area contributed by atoms with Crippen LogP contribution in [0.2, 0.25) is 0 Å². The fourth-order valence-corrected chi connectivity index (χ4v) is 3.58.